The first kappa shape index (κ1) is 18.7. The van der Waals surface area contributed by atoms with Crippen LogP contribution in [0.25, 0.3) is 11.4 Å². The zero-order chi connectivity index (χ0) is 19.4. The summed E-state index contributed by atoms with van der Waals surface area (Å²) in [5.41, 5.74) is 3.05. The summed E-state index contributed by atoms with van der Waals surface area (Å²) in [5.74, 6) is 2.56. The second-order valence-corrected chi connectivity index (χ2v) is 6.70. The summed E-state index contributed by atoms with van der Waals surface area (Å²) in [6.07, 6.45) is 0. The molecule has 0 aliphatic rings. The molecular formula is C19H18N4O3S. The van der Waals surface area contributed by atoms with Crippen LogP contribution in [0.15, 0.2) is 33.8 Å². The molecule has 0 fully saturated rings. The van der Waals surface area contributed by atoms with E-state index >= 15 is 0 Å². The Morgan fingerprint density at radius 2 is 1.96 bits per heavy atom. The Hall–Kier alpha value is -3.05. The molecule has 0 atom stereocenters. The van der Waals surface area contributed by atoms with E-state index in [1.807, 2.05) is 26.0 Å². The van der Waals surface area contributed by atoms with Crippen LogP contribution in [0.4, 0.5) is 0 Å². The van der Waals surface area contributed by atoms with Gasteiger partial charge in [-0.1, -0.05) is 16.9 Å². The van der Waals surface area contributed by atoms with Crippen molar-refractivity contribution in [3.63, 3.8) is 0 Å². The molecule has 8 heteroatoms. The van der Waals surface area contributed by atoms with Crippen LogP contribution in [0.5, 0.6) is 11.5 Å². The smallest absolute Gasteiger partial charge is 0.237 e. The molecule has 0 aliphatic heterocycles. The van der Waals surface area contributed by atoms with E-state index in [2.05, 4.69) is 21.2 Å². The van der Waals surface area contributed by atoms with E-state index in [1.165, 1.54) is 11.8 Å². The maximum atomic E-state index is 9.36. The lowest BCUT2D eigenvalue weighted by atomic mass is 10.1. The van der Waals surface area contributed by atoms with E-state index in [-0.39, 0.29) is 0 Å². The third kappa shape index (κ3) is 4.04. The molecule has 0 spiro atoms. The highest BCUT2D eigenvalue weighted by molar-refractivity contribution is 7.98. The van der Waals surface area contributed by atoms with Gasteiger partial charge in [0.25, 0.3) is 0 Å². The summed E-state index contributed by atoms with van der Waals surface area (Å²) >= 11 is 1.40. The average molecular weight is 382 g/mol. The number of ether oxygens (including phenoxy) is 2. The van der Waals surface area contributed by atoms with Gasteiger partial charge in [0.2, 0.25) is 11.7 Å². The number of pyridine rings is 1. The van der Waals surface area contributed by atoms with Gasteiger partial charge in [0.1, 0.15) is 22.6 Å². The van der Waals surface area contributed by atoms with Crippen LogP contribution in [0.1, 0.15) is 22.7 Å². The molecule has 3 aromatic rings. The zero-order valence-corrected chi connectivity index (χ0v) is 16.3. The van der Waals surface area contributed by atoms with Gasteiger partial charge in [-0.3, -0.25) is 0 Å². The fourth-order valence-electron chi connectivity index (χ4n) is 2.58. The average Bonchev–Trinajstić information content (AvgIpc) is 3.14. The first-order chi connectivity index (χ1) is 13.0. The number of benzene rings is 1. The number of rotatable bonds is 6. The Bertz CT molecular complexity index is 1010. The number of hydrogen-bond donors (Lipinski definition) is 0. The van der Waals surface area contributed by atoms with Gasteiger partial charge in [-0.2, -0.15) is 10.2 Å². The molecule has 0 saturated heterocycles. The summed E-state index contributed by atoms with van der Waals surface area (Å²) in [6.45, 7) is 3.80. The Kier molecular flexibility index (Phi) is 5.62. The van der Waals surface area contributed by atoms with E-state index < -0.39 is 0 Å². The third-order valence-electron chi connectivity index (χ3n) is 3.87. The van der Waals surface area contributed by atoms with Gasteiger partial charge in [-0.25, -0.2) is 4.98 Å². The number of thioether (sulfide) groups is 1. The standard InChI is InChI=1S/C19H18N4O3S/c1-11-7-12(2)21-19(15(11)9-20)27-10-17-22-18(23-26-17)14-6-5-13(24-3)8-16(14)25-4/h5-8H,10H2,1-4H3. The molecule has 0 saturated carbocycles. The molecule has 0 aliphatic carbocycles. The quantitative estimate of drug-likeness (QED) is 0.592. The van der Waals surface area contributed by atoms with E-state index in [4.69, 9.17) is 14.0 Å². The molecule has 0 amide bonds. The van der Waals surface area contributed by atoms with Crippen LogP contribution in [-0.4, -0.2) is 29.3 Å². The lowest BCUT2D eigenvalue weighted by Crippen LogP contribution is -1.95. The summed E-state index contributed by atoms with van der Waals surface area (Å²) in [6, 6.07) is 9.49. The fraction of sp³-hybridized carbons (Fsp3) is 0.263. The first-order valence-electron chi connectivity index (χ1n) is 8.11. The molecule has 0 N–H and O–H groups in total. The fourth-order valence-corrected chi connectivity index (χ4v) is 3.52. The van der Waals surface area contributed by atoms with E-state index in [0.29, 0.717) is 45.1 Å². The Labute approximate surface area is 161 Å². The maximum absolute atomic E-state index is 9.36. The monoisotopic (exact) mass is 382 g/mol. The van der Waals surface area contributed by atoms with Crippen molar-refractivity contribution in [2.24, 2.45) is 0 Å². The lowest BCUT2D eigenvalue weighted by molar-refractivity contribution is 0.388. The lowest BCUT2D eigenvalue weighted by Gasteiger charge is -2.07. The molecule has 1 aromatic carbocycles. The number of hydrogen-bond acceptors (Lipinski definition) is 8. The molecule has 0 bridgehead atoms. The van der Waals surface area contributed by atoms with Crippen LogP contribution >= 0.6 is 11.8 Å². The molecule has 2 heterocycles. The molecule has 0 radical (unpaired) electrons. The highest BCUT2D eigenvalue weighted by Crippen LogP contribution is 2.32. The largest absolute Gasteiger partial charge is 0.497 e. The van der Waals surface area contributed by atoms with Gasteiger partial charge >= 0.3 is 0 Å². The normalized spacial score (nSPS) is 10.5. The highest BCUT2D eigenvalue weighted by atomic mass is 32.2. The molecule has 138 valence electrons. The second-order valence-electron chi connectivity index (χ2n) is 5.74. The predicted molar refractivity (Wildman–Crippen MR) is 101 cm³/mol. The predicted octanol–water partition coefficient (Wildman–Crippen LogP) is 3.93. The number of aryl methyl sites for hydroxylation is 2. The third-order valence-corrected chi connectivity index (χ3v) is 4.83. The van der Waals surface area contributed by atoms with Crippen molar-refractivity contribution in [3.05, 3.63) is 47.0 Å². The van der Waals surface area contributed by atoms with Gasteiger partial charge in [-0.05, 0) is 37.6 Å². The number of nitriles is 1. The van der Waals surface area contributed by atoms with Crippen LogP contribution < -0.4 is 9.47 Å². The Morgan fingerprint density at radius 1 is 1.15 bits per heavy atom. The minimum absolute atomic E-state index is 0.413. The van der Waals surface area contributed by atoms with Gasteiger partial charge in [0.15, 0.2) is 0 Å². The van der Waals surface area contributed by atoms with Crippen molar-refractivity contribution < 1.29 is 14.0 Å². The molecule has 0 unspecified atom stereocenters. The number of nitrogens with zero attached hydrogens (tertiary/aromatic N) is 4. The minimum atomic E-state index is 0.413. The topological polar surface area (TPSA) is 94.1 Å². The highest BCUT2D eigenvalue weighted by Gasteiger charge is 2.16. The first-order valence-corrected chi connectivity index (χ1v) is 9.10. The maximum Gasteiger partial charge on any atom is 0.237 e. The van der Waals surface area contributed by atoms with Gasteiger partial charge in [-0.15, -0.1) is 0 Å². The van der Waals surface area contributed by atoms with Crippen molar-refractivity contribution in [3.8, 4) is 29.0 Å². The van der Waals surface area contributed by atoms with Gasteiger partial charge < -0.3 is 14.0 Å². The van der Waals surface area contributed by atoms with Crippen LogP contribution in [-0.2, 0) is 5.75 Å². The second kappa shape index (κ2) is 8.10. The summed E-state index contributed by atoms with van der Waals surface area (Å²) in [7, 11) is 3.17. The van der Waals surface area contributed by atoms with Crippen LogP contribution in [0.2, 0.25) is 0 Å². The summed E-state index contributed by atoms with van der Waals surface area (Å²) in [5, 5.41) is 14.1. The van der Waals surface area contributed by atoms with E-state index in [9.17, 15) is 5.26 Å². The van der Waals surface area contributed by atoms with E-state index in [0.717, 1.165) is 11.3 Å². The van der Waals surface area contributed by atoms with Crippen molar-refractivity contribution in [2.75, 3.05) is 14.2 Å². The van der Waals surface area contributed by atoms with Gasteiger partial charge in [0, 0.05) is 11.8 Å². The molecule has 3 rings (SSSR count). The van der Waals surface area contributed by atoms with Gasteiger partial charge in [0.05, 0.1) is 31.1 Å². The van der Waals surface area contributed by atoms with Crippen molar-refractivity contribution in [1.29, 1.82) is 5.26 Å². The Morgan fingerprint density at radius 3 is 2.67 bits per heavy atom. The number of methoxy groups -OCH3 is 2. The molecule has 7 nitrogen and oxygen atoms in total. The summed E-state index contributed by atoms with van der Waals surface area (Å²) in [4.78, 5) is 8.88. The minimum Gasteiger partial charge on any atom is -0.497 e. The van der Waals surface area contributed by atoms with Crippen molar-refractivity contribution >= 4 is 11.8 Å². The van der Waals surface area contributed by atoms with E-state index in [1.54, 1.807) is 26.4 Å². The van der Waals surface area contributed by atoms with Crippen LogP contribution in [0.3, 0.4) is 0 Å². The molecular weight excluding hydrogens is 364 g/mol. The number of aromatic nitrogens is 3. The molecule has 27 heavy (non-hydrogen) atoms. The molecule has 2 aromatic heterocycles. The summed E-state index contributed by atoms with van der Waals surface area (Å²) < 4.78 is 15.9. The van der Waals surface area contributed by atoms with Crippen molar-refractivity contribution in [1.82, 2.24) is 15.1 Å². The van der Waals surface area contributed by atoms with Crippen LogP contribution in [0, 0.1) is 25.2 Å². The SMILES string of the molecule is COc1ccc(-c2noc(CSc3nc(C)cc(C)c3C#N)n2)c(OC)c1. The zero-order valence-electron chi connectivity index (χ0n) is 15.4. The van der Waals surface area contributed by atoms with Crippen molar-refractivity contribution in [2.45, 2.75) is 24.6 Å². The Balaban J connectivity index is 1.81.